The van der Waals surface area contributed by atoms with Crippen LogP contribution in [0.3, 0.4) is 0 Å². The largest absolute Gasteiger partial charge is 0.362 e. The highest BCUT2D eigenvalue weighted by Gasteiger charge is 2.41. The Bertz CT molecular complexity index is 95.6. The topological polar surface area (TPSA) is 60.7 Å². The molecule has 1 atom stereocenters. The average Bonchev–Trinajstić information content (AvgIpc) is 2.08. The molecule has 0 amide bonds. The van der Waals surface area contributed by atoms with E-state index in [1.54, 1.807) is 0 Å². The maximum absolute atomic E-state index is 9.50. The number of aliphatic hydroxyl groups excluding tert-OH is 3. The number of hydrogen-bond donors (Lipinski definition) is 3. The molecule has 3 N–H and O–H groups in total. The standard InChI is InChI=1S/C7H18O3P/c1-3-7(10)11(4-2,5-8)6-9/h7-10H,3-6H2,1-2H3/q+1. The lowest BCUT2D eigenvalue weighted by Crippen LogP contribution is -2.20. The Morgan fingerprint density at radius 3 is 1.73 bits per heavy atom. The van der Waals surface area contributed by atoms with Gasteiger partial charge < -0.3 is 15.3 Å². The van der Waals surface area contributed by atoms with E-state index in [0.29, 0.717) is 12.6 Å². The predicted octanol–water partition coefficient (Wildman–Crippen LogP) is 0.652. The molecule has 0 radical (unpaired) electrons. The maximum atomic E-state index is 9.50. The fraction of sp³-hybridized carbons (Fsp3) is 1.00. The van der Waals surface area contributed by atoms with Gasteiger partial charge >= 0.3 is 0 Å². The second-order valence-electron chi connectivity index (χ2n) is 2.71. The first-order valence-corrected chi connectivity index (χ1v) is 6.33. The van der Waals surface area contributed by atoms with Crippen LogP contribution in [-0.2, 0) is 0 Å². The fourth-order valence-corrected chi connectivity index (χ4v) is 3.09. The van der Waals surface area contributed by atoms with Crippen LogP contribution in [0.25, 0.3) is 0 Å². The molecule has 0 aromatic rings. The predicted molar refractivity (Wildman–Crippen MR) is 47.9 cm³/mol. The average molecular weight is 181 g/mol. The molecular formula is C7H18O3P+. The van der Waals surface area contributed by atoms with Gasteiger partial charge in [0, 0.05) is 6.42 Å². The van der Waals surface area contributed by atoms with Crippen LogP contribution in [-0.4, -0.2) is 40.0 Å². The molecule has 0 aliphatic rings. The Morgan fingerprint density at radius 1 is 1.18 bits per heavy atom. The van der Waals surface area contributed by atoms with E-state index in [4.69, 9.17) is 10.2 Å². The van der Waals surface area contributed by atoms with Gasteiger partial charge in [0.1, 0.15) is 0 Å². The summed E-state index contributed by atoms with van der Waals surface area (Å²) >= 11 is 0. The van der Waals surface area contributed by atoms with Crippen molar-refractivity contribution in [1.29, 1.82) is 0 Å². The van der Waals surface area contributed by atoms with Gasteiger partial charge in [-0.2, -0.15) is 0 Å². The third kappa shape index (κ3) is 2.38. The molecule has 0 aliphatic heterocycles. The molecular weight excluding hydrogens is 163 g/mol. The summed E-state index contributed by atoms with van der Waals surface area (Å²) in [5, 5.41) is 27.5. The van der Waals surface area contributed by atoms with E-state index in [0.717, 1.165) is 0 Å². The molecule has 0 aromatic carbocycles. The van der Waals surface area contributed by atoms with E-state index in [1.807, 2.05) is 13.8 Å². The number of aliphatic hydroxyl groups is 3. The molecule has 0 spiro atoms. The summed E-state index contributed by atoms with van der Waals surface area (Å²) in [5.41, 5.74) is 0. The molecule has 0 saturated carbocycles. The molecule has 11 heavy (non-hydrogen) atoms. The van der Waals surface area contributed by atoms with Crippen LogP contribution in [0.15, 0.2) is 0 Å². The number of hydrogen-bond acceptors (Lipinski definition) is 3. The minimum atomic E-state index is -1.86. The normalized spacial score (nSPS) is 15.0. The molecule has 68 valence electrons. The Kier molecular flexibility index (Phi) is 5.19. The highest BCUT2D eigenvalue weighted by atomic mass is 31.2. The zero-order chi connectivity index (χ0) is 8.91. The van der Waals surface area contributed by atoms with Crippen molar-refractivity contribution in [3.63, 3.8) is 0 Å². The van der Waals surface area contributed by atoms with Crippen molar-refractivity contribution in [2.45, 2.75) is 26.1 Å². The van der Waals surface area contributed by atoms with Crippen LogP contribution in [0.5, 0.6) is 0 Å². The van der Waals surface area contributed by atoms with Crippen LogP contribution >= 0.6 is 7.26 Å². The monoisotopic (exact) mass is 181 g/mol. The summed E-state index contributed by atoms with van der Waals surface area (Å²) in [5.74, 6) is -0.498. The summed E-state index contributed by atoms with van der Waals surface area (Å²) in [6.45, 7) is 3.76. The van der Waals surface area contributed by atoms with Gasteiger partial charge in [-0.1, -0.05) is 6.92 Å². The van der Waals surface area contributed by atoms with E-state index >= 15 is 0 Å². The second kappa shape index (κ2) is 5.04. The molecule has 0 rings (SSSR count). The van der Waals surface area contributed by atoms with E-state index < -0.39 is 13.1 Å². The van der Waals surface area contributed by atoms with Gasteiger partial charge in [-0.25, -0.2) is 0 Å². The van der Waals surface area contributed by atoms with Crippen molar-refractivity contribution >= 4 is 7.26 Å². The van der Waals surface area contributed by atoms with Crippen molar-refractivity contribution in [3.05, 3.63) is 0 Å². The highest BCUT2D eigenvalue weighted by molar-refractivity contribution is 7.75. The first-order chi connectivity index (χ1) is 5.16. The first kappa shape index (κ1) is 11.3. The summed E-state index contributed by atoms with van der Waals surface area (Å²) in [6.07, 6.45) is 1.22. The zero-order valence-corrected chi connectivity index (χ0v) is 8.09. The second-order valence-corrected chi connectivity index (χ2v) is 6.94. The van der Waals surface area contributed by atoms with Crippen molar-refractivity contribution in [1.82, 2.24) is 0 Å². The van der Waals surface area contributed by atoms with Gasteiger partial charge in [0.05, 0.1) is 13.4 Å². The van der Waals surface area contributed by atoms with E-state index in [-0.39, 0.29) is 12.7 Å². The molecule has 0 heterocycles. The maximum Gasteiger partial charge on any atom is 0.168 e. The molecule has 0 aliphatic carbocycles. The van der Waals surface area contributed by atoms with Crippen molar-refractivity contribution < 1.29 is 15.3 Å². The van der Waals surface area contributed by atoms with Crippen LogP contribution in [0.4, 0.5) is 0 Å². The smallest absolute Gasteiger partial charge is 0.168 e. The molecule has 0 fully saturated rings. The lowest BCUT2D eigenvalue weighted by atomic mass is 10.5. The molecule has 1 unspecified atom stereocenters. The van der Waals surface area contributed by atoms with E-state index in [9.17, 15) is 5.11 Å². The Labute approximate surface area is 68.4 Å². The fourth-order valence-electron chi connectivity index (χ4n) is 1.03. The summed E-state index contributed by atoms with van der Waals surface area (Å²) in [4.78, 5) is 0. The minimum absolute atomic E-state index is 0.0466. The van der Waals surface area contributed by atoms with Gasteiger partial charge in [-0.15, -0.1) is 0 Å². The van der Waals surface area contributed by atoms with Crippen LogP contribution in [0.1, 0.15) is 20.3 Å². The molecule has 0 saturated heterocycles. The van der Waals surface area contributed by atoms with Gasteiger partial charge in [0.15, 0.2) is 18.5 Å². The van der Waals surface area contributed by atoms with Crippen molar-refractivity contribution in [2.24, 2.45) is 0 Å². The van der Waals surface area contributed by atoms with E-state index in [1.165, 1.54) is 0 Å². The zero-order valence-electron chi connectivity index (χ0n) is 7.19. The van der Waals surface area contributed by atoms with E-state index in [2.05, 4.69) is 0 Å². The van der Waals surface area contributed by atoms with Crippen LogP contribution in [0, 0.1) is 0 Å². The summed E-state index contributed by atoms with van der Waals surface area (Å²) in [6, 6.07) is 0. The van der Waals surface area contributed by atoms with Crippen LogP contribution < -0.4 is 0 Å². The van der Waals surface area contributed by atoms with Crippen molar-refractivity contribution in [3.8, 4) is 0 Å². The third-order valence-corrected chi connectivity index (χ3v) is 6.21. The highest BCUT2D eigenvalue weighted by Crippen LogP contribution is 2.60. The number of rotatable bonds is 5. The van der Waals surface area contributed by atoms with Gasteiger partial charge in [-0.05, 0) is 6.92 Å². The first-order valence-electron chi connectivity index (χ1n) is 3.92. The lowest BCUT2D eigenvalue weighted by molar-refractivity contribution is 0.233. The van der Waals surface area contributed by atoms with Gasteiger partial charge in [-0.3, -0.25) is 0 Å². The Balaban J connectivity index is 4.26. The molecule has 3 nitrogen and oxygen atoms in total. The minimum Gasteiger partial charge on any atom is -0.362 e. The summed E-state index contributed by atoms with van der Waals surface area (Å²) in [7, 11) is -1.86. The van der Waals surface area contributed by atoms with Crippen molar-refractivity contribution in [2.75, 3.05) is 18.9 Å². The molecule has 0 aromatic heterocycles. The molecule has 4 heteroatoms. The van der Waals surface area contributed by atoms with Crippen LogP contribution in [0.2, 0.25) is 0 Å². The summed E-state index contributed by atoms with van der Waals surface area (Å²) < 4.78 is 0. The van der Waals surface area contributed by atoms with Gasteiger partial charge in [0.25, 0.3) is 0 Å². The Hall–Kier alpha value is 0.310. The molecule has 0 bridgehead atoms. The third-order valence-electron chi connectivity index (χ3n) is 2.19. The quantitative estimate of drug-likeness (QED) is 0.546. The van der Waals surface area contributed by atoms with Gasteiger partial charge in [0.2, 0.25) is 0 Å². The lowest BCUT2D eigenvalue weighted by Gasteiger charge is -2.25. The SMILES string of the molecule is CCC(O)[P+](CC)(CO)CO. The Morgan fingerprint density at radius 2 is 1.64 bits per heavy atom.